The average Bonchev–Trinajstić information content (AvgIpc) is 2.84. The van der Waals surface area contributed by atoms with E-state index in [-0.39, 0.29) is 23.7 Å². The van der Waals surface area contributed by atoms with E-state index in [9.17, 15) is 9.59 Å². The smallest absolute Gasteiger partial charge is 0.310 e. The molecule has 2 rings (SSSR count). The maximum absolute atomic E-state index is 12.5. The van der Waals surface area contributed by atoms with Gasteiger partial charge in [-0.15, -0.1) is 0 Å². The monoisotopic (exact) mass is 267 g/mol. The van der Waals surface area contributed by atoms with Gasteiger partial charge in [-0.1, -0.05) is 13.3 Å². The lowest BCUT2D eigenvalue weighted by molar-refractivity contribution is -0.152. The lowest BCUT2D eigenvalue weighted by Gasteiger charge is -2.34. The Labute approximate surface area is 115 Å². The van der Waals surface area contributed by atoms with Crippen LogP contribution < -0.4 is 0 Å². The molecule has 0 radical (unpaired) electrons. The molecular weight excluding hydrogens is 242 g/mol. The fraction of sp³-hybridized carbons (Fsp3) is 0.867. The van der Waals surface area contributed by atoms with Crippen LogP contribution in [-0.4, -0.2) is 36.5 Å². The number of hydrogen-bond acceptors (Lipinski definition) is 3. The van der Waals surface area contributed by atoms with Gasteiger partial charge >= 0.3 is 5.97 Å². The number of ether oxygens (including phenoxy) is 1. The van der Waals surface area contributed by atoms with Gasteiger partial charge in [0.25, 0.3) is 0 Å². The molecule has 2 aliphatic rings. The molecule has 1 amide bonds. The zero-order valence-electron chi connectivity index (χ0n) is 12.1. The van der Waals surface area contributed by atoms with E-state index in [1.54, 1.807) is 0 Å². The van der Waals surface area contributed by atoms with Gasteiger partial charge < -0.3 is 9.64 Å². The van der Waals surface area contributed by atoms with Gasteiger partial charge in [0.15, 0.2) is 0 Å². The first kappa shape index (κ1) is 14.4. The summed E-state index contributed by atoms with van der Waals surface area (Å²) in [7, 11) is 0. The summed E-state index contributed by atoms with van der Waals surface area (Å²) in [5.74, 6) is 0.684. The zero-order chi connectivity index (χ0) is 13.8. The summed E-state index contributed by atoms with van der Waals surface area (Å²) >= 11 is 0. The molecule has 4 nitrogen and oxygen atoms in total. The molecule has 3 atom stereocenters. The van der Waals surface area contributed by atoms with Gasteiger partial charge in [0.05, 0.1) is 12.5 Å². The Kier molecular flexibility index (Phi) is 4.83. The number of amides is 1. The average molecular weight is 267 g/mol. The molecule has 19 heavy (non-hydrogen) atoms. The molecule has 4 heteroatoms. The van der Waals surface area contributed by atoms with Gasteiger partial charge in [-0.3, -0.25) is 9.59 Å². The third-order valence-corrected chi connectivity index (χ3v) is 4.53. The largest absolute Gasteiger partial charge is 0.466 e. The highest BCUT2D eigenvalue weighted by molar-refractivity contribution is 5.81. The first-order valence-electron chi connectivity index (χ1n) is 7.59. The first-order valence-corrected chi connectivity index (χ1v) is 7.59. The molecule has 1 aliphatic carbocycles. The van der Waals surface area contributed by atoms with Gasteiger partial charge in [0.1, 0.15) is 0 Å². The Hall–Kier alpha value is -1.06. The fourth-order valence-corrected chi connectivity index (χ4v) is 3.38. The number of piperidine rings is 1. The maximum atomic E-state index is 12.5. The van der Waals surface area contributed by atoms with Crippen molar-refractivity contribution in [3.05, 3.63) is 0 Å². The Morgan fingerprint density at radius 2 is 2.00 bits per heavy atom. The minimum Gasteiger partial charge on any atom is -0.466 e. The van der Waals surface area contributed by atoms with E-state index >= 15 is 0 Å². The second-order valence-corrected chi connectivity index (χ2v) is 5.89. The molecular formula is C15H25NO3. The molecule has 0 aromatic heterocycles. The van der Waals surface area contributed by atoms with Crippen molar-refractivity contribution in [2.75, 3.05) is 19.7 Å². The van der Waals surface area contributed by atoms with Gasteiger partial charge in [-0.25, -0.2) is 0 Å². The molecule has 0 N–H and O–H groups in total. The lowest BCUT2D eigenvalue weighted by atomic mass is 9.93. The SMILES string of the molecule is CCOC(=O)[C@H]1CCCN(C(=O)C2CCCC2C)C1. The topological polar surface area (TPSA) is 46.6 Å². The summed E-state index contributed by atoms with van der Waals surface area (Å²) in [5, 5.41) is 0. The molecule has 1 saturated heterocycles. The van der Waals surface area contributed by atoms with Crippen LogP contribution in [0, 0.1) is 17.8 Å². The minimum atomic E-state index is -0.139. The number of carbonyl (C=O) groups is 2. The third-order valence-electron chi connectivity index (χ3n) is 4.53. The summed E-state index contributed by atoms with van der Waals surface area (Å²) in [6.45, 7) is 5.77. The van der Waals surface area contributed by atoms with Crippen LogP contribution in [-0.2, 0) is 14.3 Å². The summed E-state index contributed by atoms with van der Waals surface area (Å²) in [4.78, 5) is 26.2. The minimum absolute atomic E-state index is 0.116. The molecule has 1 heterocycles. The Morgan fingerprint density at radius 3 is 2.63 bits per heavy atom. The van der Waals surface area contributed by atoms with E-state index in [4.69, 9.17) is 4.74 Å². The second kappa shape index (κ2) is 6.40. The number of carbonyl (C=O) groups excluding carboxylic acids is 2. The van der Waals surface area contributed by atoms with Crippen molar-refractivity contribution in [2.24, 2.45) is 17.8 Å². The third kappa shape index (κ3) is 3.28. The van der Waals surface area contributed by atoms with Crippen molar-refractivity contribution in [1.82, 2.24) is 4.90 Å². The molecule has 0 aromatic rings. The van der Waals surface area contributed by atoms with Crippen LogP contribution in [0.4, 0.5) is 0 Å². The van der Waals surface area contributed by atoms with E-state index in [0.29, 0.717) is 19.1 Å². The van der Waals surface area contributed by atoms with E-state index in [1.807, 2.05) is 11.8 Å². The number of rotatable bonds is 3. The van der Waals surface area contributed by atoms with Crippen LogP contribution in [0.3, 0.4) is 0 Å². The van der Waals surface area contributed by atoms with Crippen LogP contribution in [0.1, 0.15) is 46.0 Å². The van der Waals surface area contributed by atoms with Crippen molar-refractivity contribution < 1.29 is 14.3 Å². The van der Waals surface area contributed by atoms with E-state index < -0.39 is 0 Å². The Morgan fingerprint density at radius 1 is 1.21 bits per heavy atom. The van der Waals surface area contributed by atoms with E-state index in [2.05, 4.69) is 6.92 Å². The van der Waals surface area contributed by atoms with Gasteiger partial charge in [-0.05, 0) is 38.5 Å². The first-order chi connectivity index (χ1) is 9.13. The highest BCUT2D eigenvalue weighted by Gasteiger charge is 2.36. The van der Waals surface area contributed by atoms with Gasteiger partial charge in [-0.2, -0.15) is 0 Å². The van der Waals surface area contributed by atoms with E-state index in [0.717, 1.165) is 38.6 Å². The second-order valence-electron chi connectivity index (χ2n) is 5.89. The number of nitrogens with zero attached hydrogens (tertiary/aromatic N) is 1. The summed E-state index contributed by atoms with van der Waals surface area (Å²) in [6, 6.07) is 0. The number of hydrogen-bond donors (Lipinski definition) is 0. The van der Waals surface area contributed by atoms with Crippen molar-refractivity contribution in [3.8, 4) is 0 Å². The summed E-state index contributed by atoms with van der Waals surface area (Å²) in [5.41, 5.74) is 0. The van der Waals surface area contributed by atoms with Crippen molar-refractivity contribution >= 4 is 11.9 Å². The molecule has 2 unspecified atom stereocenters. The van der Waals surface area contributed by atoms with Gasteiger partial charge in [0.2, 0.25) is 5.91 Å². The Bertz CT molecular complexity index is 342. The summed E-state index contributed by atoms with van der Waals surface area (Å²) in [6.07, 6.45) is 5.10. The molecule has 1 saturated carbocycles. The van der Waals surface area contributed by atoms with Crippen LogP contribution in [0.25, 0.3) is 0 Å². The molecule has 0 aromatic carbocycles. The predicted octanol–water partition coefficient (Wildman–Crippen LogP) is 2.22. The van der Waals surface area contributed by atoms with E-state index in [1.165, 1.54) is 0 Å². The lowest BCUT2D eigenvalue weighted by Crippen LogP contribution is -2.45. The van der Waals surface area contributed by atoms with Crippen molar-refractivity contribution in [2.45, 2.75) is 46.0 Å². The van der Waals surface area contributed by atoms with Crippen LogP contribution in [0.2, 0.25) is 0 Å². The van der Waals surface area contributed by atoms with Crippen LogP contribution in [0.5, 0.6) is 0 Å². The molecule has 0 bridgehead atoms. The summed E-state index contributed by atoms with van der Waals surface area (Å²) < 4.78 is 5.08. The predicted molar refractivity (Wildman–Crippen MR) is 72.4 cm³/mol. The standard InChI is InChI=1S/C15H25NO3/c1-3-19-15(18)12-7-5-9-16(10-12)14(17)13-8-4-6-11(13)2/h11-13H,3-10H2,1-2H3/t11?,12-,13?/m0/s1. The Balaban J connectivity index is 1.93. The maximum Gasteiger partial charge on any atom is 0.310 e. The normalized spacial score (nSPS) is 31.3. The van der Waals surface area contributed by atoms with Gasteiger partial charge in [0, 0.05) is 19.0 Å². The number of likely N-dealkylation sites (tertiary alicyclic amines) is 1. The number of esters is 1. The molecule has 108 valence electrons. The quantitative estimate of drug-likeness (QED) is 0.737. The molecule has 0 spiro atoms. The highest BCUT2D eigenvalue weighted by Crippen LogP contribution is 2.33. The van der Waals surface area contributed by atoms with Crippen LogP contribution >= 0.6 is 0 Å². The fourth-order valence-electron chi connectivity index (χ4n) is 3.38. The van der Waals surface area contributed by atoms with Crippen molar-refractivity contribution in [1.29, 1.82) is 0 Å². The zero-order valence-corrected chi connectivity index (χ0v) is 12.1. The van der Waals surface area contributed by atoms with Crippen molar-refractivity contribution in [3.63, 3.8) is 0 Å². The highest BCUT2D eigenvalue weighted by atomic mass is 16.5. The van der Waals surface area contributed by atoms with Crippen LogP contribution in [0.15, 0.2) is 0 Å². The molecule has 1 aliphatic heterocycles. The molecule has 2 fully saturated rings.